The molecule has 3 N–H and O–H groups in total. The van der Waals surface area contributed by atoms with Crippen molar-refractivity contribution in [3.8, 4) is 5.75 Å². The van der Waals surface area contributed by atoms with E-state index in [1.807, 2.05) is 6.07 Å². The maximum Gasteiger partial charge on any atom is 0.119 e. The van der Waals surface area contributed by atoms with Crippen LogP contribution in [0, 0.1) is 0 Å². The summed E-state index contributed by atoms with van der Waals surface area (Å²) >= 11 is 1.75. The summed E-state index contributed by atoms with van der Waals surface area (Å²) in [6, 6.07) is 6.36. The van der Waals surface area contributed by atoms with Crippen LogP contribution in [0.15, 0.2) is 18.2 Å². The largest absolute Gasteiger partial charge is 0.497 e. The minimum Gasteiger partial charge on any atom is -0.497 e. The highest BCUT2D eigenvalue weighted by molar-refractivity contribution is 7.99. The number of methoxy groups -OCH3 is 1. The summed E-state index contributed by atoms with van der Waals surface area (Å²) in [7, 11) is 1.70. The zero-order valence-electron chi connectivity index (χ0n) is 12.0. The van der Waals surface area contributed by atoms with Crippen molar-refractivity contribution in [3.05, 3.63) is 29.5 Å². The SMILES string of the molecule is COc1ccc2[nH]c3c(c2c1)CCN1OCSC[C@@H](N)[C@@H]31. The summed E-state index contributed by atoms with van der Waals surface area (Å²) < 4.78 is 5.35. The van der Waals surface area contributed by atoms with E-state index >= 15 is 0 Å². The lowest BCUT2D eigenvalue weighted by Crippen LogP contribution is -2.44. The van der Waals surface area contributed by atoms with Crippen LogP contribution >= 0.6 is 11.8 Å². The molecule has 1 aromatic carbocycles. The fraction of sp³-hybridized carbons (Fsp3) is 0.467. The highest BCUT2D eigenvalue weighted by atomic mass is 32.2. The quantitative estimate of drug-likeness (QED) is 0.844. The molecule has 1 fully saturated rings. The van der Waals surface area contributed by atoms with Crippen LogP contribution in [0.1, 0.15) is 17.3 Å². The van der Waals surface area contributed by atoms with E-state index in [1.54, 1.807) is 18.9 Å². The maximum atomic E-state index is 6.39. The number of hydrogen-bond donors (Lipinski definition) is 2. The summed E-state index contributed by atoms with van der Waals surface area (Å²) in [6.45, 7) is 0.885. The van der Waals surface area contributed by atoms with E-state index in [4.69, 9.17) is 15.3 Å². The number of hydrogen-bond acceptors (Lipinski definition) is 5. The van der Waals surface area contributed by atoms with Crippen LogP contribution in [0.4, 0.5) is 0 Å². The molecule has 2 aliphatic heterocycles. The van der Waals surface area contributed by atoms with Gasteiger partial charge >= 0.3 is 0 Å². The number of thioether (sulfide) groups is 1. The summed E-state index contributed by atoms with van der Waals surface area (Å²) in [4.78, 5) is 9.40. The fourth-order valence-corrected chi connectivity index (χ4v) is 4.11. The highest BCUT2D eigenvalue weighted by Gasteiger charge is 2.36. The van der Waals surface area contributed by atoms with E-state index in [9.17, 15) is 0 Å². The second kappa shape index (κ2) is 5.21. The maximum absolute atomic E-state index is 6.39. The Labute approximate surface area is 127 Å². The molecule has 3 heterocycles. The molecule has 2 aliphatic rings. The third kappa shape index (κ3) is 2.14. The first kappa shape index (κ1) is 13.5. The summed E-state index contributed by atoms with van der Waals surface area (Å²) in [6.07, 6.45) is 0.969. The van der Waals surface area contributed by atoms with Crippen LogP contribution < -0.4 is 10.5 Å². The number of ether oxygens (including phenoxy) is 1. The first-order valence-electron chi connectivity index (χ1n) is 7.19. The van der Waals surface area contributed by atoms with Crippen LogP contribution in [0.25, 0.3) is 10.9 Å². The van der Waals surface area contributed by atoms with Crippen molar-refractivity contribution in [2.45, 2.75) is 18.5 Å². The second-order valence-electron chi connectivity index (χ2n) is 5.55. The van der Waals surface area contributed by atoms with Crippen LogP contribution in [-0.4, -0.2) is 41.4 Å². The van der Waals surface area contributed by atoms with Gasteiger partial charge in [0, 0.05) is 34.9 Å². The Morgan fingerprint density at radius 2 is 2.38 bits per heavy atom. The van der Waals surface area contributed by atoms with Crippen molar-refractivity contribution in [2.75, 3.05) is 25.3 Å². The molecular weight excluding hydrogens is 286 g/mol. The average molecular weight is 305 g/mol. The number of nitrogens with two attached hydrogens (primary N) is 1. The molecule has 1 saturated heterocycles. The average Bonchev–Trinajstić information content (AvgIpc) is 2.77. The summed E-state index contributed by atoms with van der Waals surface area (Å²) in [5.41, 5.74) is 10.1. The Hall–Kier alpha value is -1.21. The van der Waals surface area contributed by atoms with Crippen molar-refractivity contribution in [2.24, 2.45) is 5.73 Å². The van der Waals surface area contributed by atoms with Crippen molar-refractivity contribution >= 4 is 22.7 Å². The molecule has 2 atom stereocenters. The van der Waals surface area contributed by atoms with Crippen LogP contribution in [0.2, 0.25) is 0 Å². The molecule has 112 valence electrons. The van der Waals surface area contributed by atoms with Gasteiger partial charge in [-0.05, 0) is 30.2 Å². The number of hydroxylamine groups is 2. The molecule has 4 rings (SSSR count). The number of aromatic amines is 1. The van der Waals surface area contributed by atoms with Crippen molar-refractivity contribution in [3.63, 3.8) is 0 Å². The van der Waals surface area contributed by atoms with Crippen LogP contribution in [0.5, 0.6) is 5.75 Å². The lowest BCUT2D eigenvalue weighted by molar-refractivity contribution is -0.175. The number of nitrogens with one attached hydrogen (secondary N) is 1. The zero-order chi connectivity index (χ0) is 14.4. The molecule has 5 nitrogen and oxygen atoms in total. The highest BCUT2D eigenvalue weighted by Crippen LogP contribution is 2.39. The third-order valence-corrected chi connectivity index (χ3v) is 5.24. The van der Waals surface area contributed by atoms with Gasteiger partial charge in [-0.3, -0.25) is 4.84 Å². The molecule has 6 heteroatoms. The molecule has 0 aliphatic carbocycles. The monoisotopic (exact) mass is 305 g/mol. The van der Waals surface area contributed by atoms with Crippen molar-refractivity contribution < 1.29 is 9.57 Å². The molecular formula is C15H19N3O2S. The topological polar surface area (TPSA) is 63.5 Å². The van der Waals surface area contributed by atoms with Gasteiger partial charge in [0.2, 0.25) is 0 Å². The Kier molecular flexibility index (Phi) is 3.34. The number of nitrogens with zero attached hydrogens (tertiary/aromatic N) is 1. The number of benzene rings is 1. The summed E-state index contributed by atoms with van der Waals surface area (Å²) in [5, 5.41) is 3.30. The molecule has 0 amide bonds. The number of rotatable bonds is 1. The molecule has 0 spiro atoms. The molecule has 0 bridgehead atoms. The smallest absolute Gasteiger partial charge is 0.119 e. The molecule has 1 aromatic heterocycles. The van der Waals surface area contributed by atoms with Gasteiger partial charge in [0.15, 0.2) is 0 Å². The van der Waals surface area contributed by atoms with Crippen LogP contribution in [0.3, 0.4) is 0 Å². The van der Waals surface area contributed by atoms with Gasteiger partial charge in [-0.15, -0.1) is 11.8 Å². The second-order valence-corrected chi connectivity index (χ2v) is 6.52. The van der Waals surface area contributed by atoms with Gasteiger partial charge in [-0.1, -0.05) is 0 Å². The molecule has 0 unspecified atom stereocenters. The van der Waals surface area contributed by atoms with Crippen LogP contribution in [-0.2, 0) is 11.3 Å². The zero-order valence-corrected chi connectivity index (χ0v) is 12.8. The van der Waals surface area contributed by atoms with E-state index in [2.05, 4.69) is 22.2 Å². The molecule has 0 saturated carbocycles. The van der Waals surface area contributed by atoms with E-state index in [1.165, 1.54) is 16.6 Å². The van der Waals surface area contributed by atoms with E-state index in [-0.39, 0.29) is 12.1 Å². The third-order valence-electron chi connectivity index (χ3n) is 4.35. The minimum atomic E-state index is 0.0755. The van der Waals surface area contributed by atoms with Crippen molar-refractivity contribution in [1.29, 1.82) is 0 Å². The lowest BCUT2D eigenvalue weighted by atomic mass is 9.95. The predicted molar refractivity (Wildman–Crippen MR) is 84.4 cm³/mol. The van der Waals surface area contributed by atoms with Gasteiger partial charge in [-0.25, -0.2) is 0 Å². The number of H-pyrrole nitrogens is 1. The molecule has 21 heavy (non-hydrogen) atoms. The molecule has 2 aromatic rings. The normalized spacial score (nSPS) is 26.2. The Bertz CT molecular complexity index is 672. The minimum absolute atomic E-state index is 0.0755. The Morgan fingerprint density at radius 3 is 3.24 bits per heavy atom. The van der Waals surface area contributed by atoms with Gasteiger partial charge in [-0.2, -0.15) is 5.06 Å². The van der Waals surface area contributed by atoms with Gasteiger partial charge in [0.05, 0.1) is 13.2 Å². The first-order valence-corrected chi connectivity index (χ1v) is 8.35. The van der Waals surface area contributed by atoms with E-state index in [0.717, 1.165) is 30.0 Å². The Balaban J connectivity index is 1.85. The Morgan fingerprint density at radius 1 is 1.48 bits per heavy atom. The molecule has 0 radical (unpaired) electrons. The fourth-order valence-electron chi connectivity index (χ4n) is 3.35. The van der Waals surface area contributed by atoms with Crippen molar-refractivity contribution in [1.82, 2.24) is 10.0 Å². The summed E-state index contributed by atoms with van der Waals surface area (Å²) in [5.74, 6) is 2.50. The first-order chi connectivity index (χ1) is 10.3. The number of aromatic nitrogens is 1. The van der Waals surface area contributed by atoms with E-state index in [0.29, 0.717) is 5.94 Å². The number of fused-ring (bicyclic) bond motifs is 5. The predicted octanol–water partition coefficient (Wildman–Crippen LogP) is 2.04. The van der Waals surface area contributed by atoms with Gasteiger partial charge in [0.1, 0.15) is 11.7 Å². The standard InChI is InChI=1S/C15H19N3O2S/c1-19-9-2-3-13-11(6-9)10-4-5-18-15(14(10)17-13)12(16)7-21-8-20-18/h2-3,6,12,15,17H,4-5,7-8,16H2,1H3/t12-,15+/m1/s1. The van der Waals surface area contributed by atoms with Gasteiger partial charge in [0.25, 0.3) is 0 Å². The lowest BCUT2D eigenvalue weighted by Gasteiger charge is -2.35. The van der Waals surface area contributed by atoms with E-state index < -0.39 is 0 Å². The van der Waals surface area contributed by atoms with Gasteiger partial charge < -0.3 is 15.5 Å².